The zero-order valence-electron chi connectivity index (χ0n) is 7.62. The van der Waals surface area contributed by atoms with Crippen LogP contribution in [0.3, 0.4) is 0 Å². The Labute approximate surface area is 75.7 Å². The predicted molar refractivity (Wildman–Crippen MR) is 43.3 cm³/mol. The van der Waals surface area contributed by atoms with Crippen molar-refractivity contribution < 1.29 is 13.2 Å². The molecule has 13 heavy (non-hydrogen) atoms. The third kappa shape index (κ3) is 1.35. The summed E-state index contributed by atoms with van der Waals surface area (Å²) in [5, 5.41) is 2.63. The molecule has 0 aromatic heterocycles. The van der Waals surface area contributed by atoms with Crippen molar-refractivity contribution in [3.63, 3.8) is 0 Å². The summed E-state index contributed by atoms with van der Waals surface area (Å²) >= 11 is 0. The van der Waals surface area contributed by atoms with Crippen molar-refractivity contribution in [2.75, 3.05) is 6.54 Å². The SMILES string of the molecule is CCNC1(C(F)(F)F)CC2CC2C1. The maximum Gasteiger partial charge on any atom is 0.406 e. The van der Waals surface area contributed by atoms with E-state index in [2.05, 4.69) is 5.32 Å². The van der Waals surface area contributed by atoms with Gasteiger partial charge in [-0.3, -0.25) is 0 Å². The third-order valence-electron chi connectivity index (χ3n) is 3.35. The van der Waals surface area contributed by atoms with Gasteiger partial charge in [0, 0.05) is 0 Å². The number of hydrogen-bond donors (Lipinski definition) is 1. The van der Waals surface area contributed by atoms with Gasteiger partial charge in [0.2, 0.25) is 0 Å². The zero-order chi connectivity index (χ0) is 9.69. The quantitative estimate of drug-likeness (QED) is 0.709. The van der Waals surface area contributed by atoms with Crippen molar-refractivity contribution >= 4 is 0 Å². The number of alkyl halides is 3. The molecule has 2 atom stereocenters. The average Bonchev–Trinajstić information content (AvgIpc) is 2.58. The molecule has 4 heteroatoms. The lowest BCUT2D eigenvalue weighted by Crippen LogP contribution is -2.55. The largest absolute Gasteiger partial charge is 0.406 e. The van der Waals surface area contributed by atoms with Gasteiger partial charge in [-0.2, -0.15) is 13.2 Å². The number of rotatable bonds is 2. The molecule has 2 unspecified atom stereocenters. The van der Waals surface area contributed by atoms with E-state index in [1.807, 2.05) is 0 Å². The molecular formula is C9H14F3N. The Kier molecular flexibility index (Phi) is 1.88. The van der Waals surface area contributed by atoms with Crippen LogP contribution in [0.5, 0.6) is 0 Å². The maximum absolute atomic E-state index is 12.7. The molecule has 2 fully saturated rings. The van der Waals surface area contributed by atoms with Crippen molar-refractivity contribution in [2.24, 2.45) is 11.8 Å². The lowest BCUT2D eigenvalue weighted by atomic mass is 9.92. The molecule has 0 spiro atoms. The Bertz CT molecular complexity index is 201. The summed E-state index contributed by atoms with van der Waals surface area (Å²) in [4.78, 5) is 0. The van der Waals surface area contributed by atoms with Gasteiger partial charge in [0.25, 0.3) is 0 Å². The Morgan fingerprint density at radius 1 is 1.31 bits per heavy atom. The van der Waals surface area contributed by atoms with Crippen LogP contribution in [0.1, 0.15) is 26.2 Å². The van der Waals surface area contributed by atoms with E-state index in [4.69, 9.17) is 0 Å². The molecule has 1 N–H and O–H groups in total. The molecule has 0 aliphatic heterocycles. The summed E-state index contributed by atoms with van der Waals surface area (Å²) < 4.78 is 38.2. The van der Waals surface area contributed by atoms with Crippen molar-refractivity contribution in [3.05, 3.63) is 0 Å². The highest BCUT2D eigenvalue weighted by Gasteiger charge is 2.64. The first-order chi connectivity index (χ1) is 5.98. The highest BCUT2D eigenvalue weighted by Crippen LogP contribution is 2.60. The van der Waals surface area contributed by atoms with E-state index >= 15 is 0 Å². The first-order valence-corrected chi connectivity index (χ1v) is 4.80. The summed E-state index contributed by atoms with van der Waals surface area (Å²) in [5.41, 5.74) is -1.55. The Morgan fingerprint density at radius 2 is 1.85 bits per heavy atom. The normalized spacial score (nSPS) is 43.4. The van der Waals surface area contributed by atoms with Crippen LogP contribution in [0, 0.1) is 11.8 Å². The minimum Gasteiger partial charge on any atom is -0.304 e. The fourth-order valence-corrected chi connectivity index (χ4v) is 2.60. The van der Waals surface area contributed by atoms with Gasteiger partial charge in [-0.15, -0.1) is 0 Å². The van der Waals surface area contributed by atoms with E-state index in [9.17, 15) is 13.2 Å². The smallest absolute Gasteiger partial charge is 0.304 e. The van der Waals surface area contributed by atoms with Gasteiger partial charge in [0.15, 0.2) is 0 Å². The molecule has 0 saturated heterocycles. The zero-order valence-corrected chi connectivity index (χ0v) is 7.62. The van der Waals surface area contributed by atoms with E-state index in [1.54, 1.807) is 6.92 Å². The van der Waals surface area contributed by atoms with Crippen LogP contribution < -0.4 is 5.32 Å². The van der Waals surface area contributed by atoms with E-state index < -0.39 is 11.7 Å². The fourth-order valence-electron chi connectivity index (χ4n) is 2.60. The molecule has 0 bridgehead atoms. The van der Waals surface area contributed by atoms with Crippen LogP contribution in [0.4, 0.5) is 13.2 Å². The molecule has 0 heterocycles. The molecule has 0 aromatic rings. The Hall–Kier alpha value is -0.250. The molecule has 2 rings (SSSR count). The van der Waals surface area contributed by atoms with Crippen LogP contribution in [0.15, 0.2) is 0 Å². The minimum absolute atomic E-state index is 0.301. The van der Waals surface area contributed by atoms with Crippen LogP contribution in [0.2, 0.25) is 0 Å². The number of hydrogen-bond acceptors (Lipinski definition) is 1. The van der Waals surface area contributed by atoms with E-state index in [0.717, 1.165) is 6.42 Å². The molecular weight excluding hydrogens is 179 g/mol. The van der Waals surface area contributed by atoms with Gasteiger partial charge in [-0.05, 0) is 37.6 Å². The van der Waals surface area contributed by atoms with Gasteiger partial charge in [0.05, 0.1) is 0 Å². The predicted octanol–water partition coefficient (Wildman–Crippen LogP) is 2.33. The highest BCUT2D eigenvalue weighted by atomic mass is 19.4. The van der Waals surface area contributed by atoms with Crippen LogP contribution >= 0.6 is 0 Å². The van der Waals surface area contributed by atoms with E-state index in [1.165, 1.54) is 0 Å². The molecule has 0 aromatic carbocycles. The topological polar surface area (TPSA) is 12.0 Å². The molecule has 2 aliphatic carbocycles. The summed E-state index contributed by atoms with van der Waals surface area (Å²) in [6, 6.07) is 0. The first kappa shape index (κ1) is 9.31. The number of fused-ring (bicyclic) bond motifs is 1. The van der Waals surface area contributed by atoms with Gasteiger partial charge < -0.3 is 5.32 Å². The lowest BCUT2D eigenvalue weighted by Gasteiger charge is -2.34. The molecule has 76 valence electrons. The Morgan fingerprint density at radius 3 is 2.23 bits per heavy atom. The number of halogens is 3. The molecule has 0 radical (unpaired) electrons. The van der Waals surface area contributed by atoms with Gasteiger partial charge >= 0.3 is 6.18 Å². The minimum atomic E-state index is -4.07. The van der Waals surface area contributed by atoms with Crippen molar-refractivity contribution in [1.82, 2.24) is 5.32 Å². The third-order valence-corrected chi connectivity index (χ3v) is 3.35. The number of nitrogens with one attached hydrogen (secondary N) is 1. The second-order valence-corrected chi connectivity index (χ2v) is 4.27. The van der Waals surface area contributed by atoms with E-state index in [-0.39, 0.29) is 0 Å². The second kappa shape index (κ2) is 2.62. The van der Waals surface area contributed by atoms with Crippen LogP contribution in [0.25, 0.3) is 0 Å². The first-order valence-electron chi connectivity index (χ1n) is 4.80. The summed E-state index contributed by atoms with van der Waals surface area (Å²) in [6.45, 7) is 2.14. The van der Waals surface area contributed by atoms with Crippen molar-refractivity contribution in [1.29, 1.82) is 0 Å². The Balaban J connectivity index is 2.12. The maximum atomic E-state index is 12.7. The van der Waals surface area contributed by atoms with Crippen LogP contribution in [-0.4, -0.2) is 18.3 Å². The van der Waals surface area contributed by atoms with Gasteiger partial charge in [-0.25, -0.2) is 0 Å². The molecule has 2 aliphatic rings. The summed E-state index contributed by atoms with van der Waals surface area (Å²) in [5.74, 6) is 0.696. The second-order valence-electron chi connectivity index (χ2n) is 4.27. The van der Waals surface area contributed by atoms with Crippen LogP contribution in [-0.2, 0) is 0 Å². The molecule has 1 nitrogen and oxygen atoms in total. The highest BCUT2D eigenvalue weighted by molar-refractivity contribution is 5.11. The summed E-state index contributed by atoms with van der Waals surface area (Å²) in [7, 11) is 0. The average molecular weight is 193 g/mol. The van der Waals surface area contributed by atoms with Crippen molar-refractivity contribution in [3.8, 4) is 0 Å². The lowest BCUT2D eigenvalue weighted by molar-refractivity contribution is -0.197. The standard InChI is InChI=1S/C9H14F3N/c1-2-13-8(9(10,11)12)4-6-3-7(6)5-8/h6-7,13H,2-5H2,1H3. The van der Waals surface area contributed by atoms with E-state index in [0.29, 0.717) is 31.2 Å². The van der Waals surface area contributed by atoms with Gasteiger partial charge in [0.1, 0.15) is 5.54 Å². The van der Waals surface area contributed by atoms with Crippen molar-refractivity contribution in [2.45, 2.75) is 37.9 Å². The van der Waals surface area contributed by atoms with Gasteiger partial charge in [-0.1, -0.05) is 6.92 Å². The monoisotopic (exact) mass is 193 g/mol. The fraction of sp³-hybridized carbons (Fsp3) is 1.00. The molecule has 2 saturated carbocycles. The summed E-state index contributed by atoms with van der Waals surface area (Å²) in [6.07, 6.45) is -2.45. The molecule has 0 amide bonds.